The molecule has 0 aromatic heterocycles. The van der Waals surface area contributed by atoms with Crippen LogP contribution < -0.4 is 5.32 Å². The van der Waals surface area contributed by atoms with Gasteiger partial charge in [0.25, 0.3) is 0 Å². The van der Waals surface area contributed by atoms with Crippen molar-refractivity contribution in [2.45, 2.75) is 18.6 Å². The quantitative estimate of drug-likeness (QED) is 0.627. The highest BCUT2D eigenvalue weighted by Gasteiger charge is 2.44. The first-order valence-electron chi connectivity index (χ1n) is 5.32. The lowest BCUT2D eigenvalue weighted by atomic mass is 9.76. The summed E-state index contributed by atoms with van der Waals surface area (Å²) in [6.45, 7) is 3.11. The lowest BCUT2D eigenvalue weighted by Crippen LogP contribution is -2.57. The molecule has 1 aromatic rings. The number of hydrogen-bond donors (Lipinski definition) is 3. The summed E-state index contributed by atoms with van der Waals surface area (Å²) in [4.78, 5) is 0. The average Bonchev–Trinajstić information content (AvgIpc) is 2.27. The van der Waals surface area contributed by atoms with Gasteiger partial charge in [-0.25, -0.2) is 0 Å². The number of rotatable bonds is 1. The fourth-order valence-electron chi connectivity index (χ4n) is 2.26. The number of hydrogen-bond acceptors (Lipinski definition) is 3. The zero-order chi connectivity index (χ0) is 10.9. The first kappa shape index (κ1) is 10.6. The van der Waals surface area contributed by atoms with E-state index in [4.69, 9.17) is 0 Å². The smallest absolute Gasteiger partial charge is 0.120 e. The zero-order valence-corrected chi connectivity index (χ0v) is 8.85. The van der Waals surface area contributed by atoms with E-state index in [0.717, 1.165) is 12.1 Å². The first-order chi connectivity index (χ1) is 7.15. The van der Waals surface area contributed by atoms with Gasteiger partial charge in [0, 0.05) is 19.0 Å². The molecule has 0 bridgehead atoms. The van der Waals surface area contributed by atoms with E-state index in [9.17, 15) is 10.2 Å². The highest BCUT2D eigenvalue weighted by atomic mass is 16.3. The molecule has 1 aliphatic heterocycles. The molecule has 0 amide bonds. The van der Waals surface area contributed by atoms with Crippen LogP contribution in [0.25, 0.3) is 0 Å². The van der Waals surface area contributed by atoms with Crippen LogP contribution in [-0.4, -0.2) is 29.4 Å². The fraction of sp³-hybridized carbons (Fsp3) is 0.500. The number of benzene rings is 1. The summed E-state index contributed by atoms with van der Waals surface area (Å²) in [7, 11) is 0. The summed E-state index contributed by atoms with van der Waals surface area (Å²) in [5.41, 5.74) is -0.321. The van der Waals surface area contributed by atoms with Gasteiger partial charge in [0.05, 0.1) is 6.10 Å². The maximum absolute atomic E-state index is 10.6. The van der Waals surface area contributed by atoms with E-state index in [2.05, 4.69) is 5.32 Å². The normalized spacial score (nSPS) is 36.5. The Balaban J connectivity index is 2.38. The van der Waals surface area contributed by atoms with Crippen molar-refractivity contribution in [1.29, 1.82) is 0 Å². The summed E-state index contributed by atoms with van der Waals surface area (Å²) >= 11 is 0. The molecule has 0 aliphatic carbocycles. The first-order valence-corrected chi connectivity index (χ1v) is 5.32. The van der Waals surface area contributed by atoms with Gasteiger partial charge in [-0.2, -0.15) is 0 Å². The highest BCUT2D eigenvalue weighted by molar-refractivity contribution is 5.25. The Morgan fingerprint density at radius 1 is 1.27 bits per heavy atom. The third-order valence-electron chi connectivity index (χ3n) is 3.28. The van der Waals surface area contributed by atoms with Gasteiger partial charge in [-0.3, -0.25) is 0 Å². The molecular formula is C12H17NO2. The summed E-state index contributed by atoms with van der Waals surface area (Å²) in [5, 5.41) is 23.6. The Hall–Kier alpha value is -0.900. The number of nitrogens with one attached hydrogen (secondary N) is 1. The summed E-state index contributed by atoms with van der Waals surface area (Å²) in [5.74, 6) is 0.00338. The number of piperidine rings is 1. The molecule has 2 rings (SSSR count). The minimum absolute atomic E-state index is 0.00338. The molecule has 3 heteroatoms. The summed E-state index contributed by atoms with van der Waals surface area (Å²) < 4.78 is 0. The zero-order valence-electron chi connectivity index (χ0n) is 8.85. The van der Waals surface area contributed by atoms with Gasteiger partial charge in [-0.05, 0) is 5.56 Å². The largest absolute Gasteiger partial charge is 0.388 e. The van der Waals surface area contributed by atoms with Crippen LogP contribution >= 0.6 is 0 Å². The Morgan fingerprint density at radius 2 is 1.93 bits per heavy atom. The van der Waals surface area contributed by atoms with Crippen molar-refractivity contribution in [3.63, 3.8) is 0 Å². The van der Waals surface area contributed by atoms with E-state index < -0.39 is 11.7 Å². The van der Waals surface area contributed by atoms with E-state index in [1.165, 1.54) is 0 Å². The fourth-order valence-corrected chi connectivity index (χ4v) is 2.26. The van der Waals surface area contributed by atoms with Crippen LogP contribution in [0.15, 0.2) is 30.3 Å². The van der Waals surface area contributed by atoms with E-state index in [-0.39, 0.29) is 5.92 Å². The van der Waals surface area contributed by atoms with E-state index in [1.54, 1.807) is 0 Å². The Bertz CT molecular complexity index is 316. The molecule has 3 unspecified atom stereocenters. The van der Waals surface area contributed by atoms with Crippen molar-refractivity contribution >= 4 is 0 Å². The SMILES string of the molecule is CC1CNCC(O)C1(O)c1ccccc1. The van der Waals surface area contributed by atoms with Gasteiger partial charge in [0.2, 0.25) is 0 Å². The molecule has 1 heterocycles. The van der Waals surface area contributed by atoms with Crippen molar-refractivity contribution in [1.82, 2.24) is 5.32 Å². The van der Waals surface area contributed by atoms with Gasteiger partial charge in [0.1, 0.15) is 5.60 Å². The van der Waals surface area contributed by atoms with Crippen LogP contribution in [0.4, 0.5) is 0 Å². The molecule has 0 saturated carbocycles. The van der Waals surface area contributed by atoms with E-state index in [1.807, 2.05) is 37.3 Å². The van der Waals surface area contributed by atoms with Crippen molar-refractivity contribution in [2.75, 3.05) is 13.1 Å². The second-order valence-corrected chi connectivity index (χ2v) is 4.27. The molecule has 0 spiro atoms. The lowest BCUT2D eigenvalue weighted by Gasteiger charge is -2.42. The number of aliphatic hydroxyl groups is 2. The van der Waals surface area contributed by atoms with Crippen LogP contribution in [0.3, 0.4) is 0 Å². The summed E-state index contributed by atoms with van der Waals surface area (Å²) in [6.07, 6.45) is -0.747. The minimum Gasteiger partial charge on any atom is -0.388 e. The molecule has 1 saturated heterocycles. The van der Waals surface area contributed by atoms with Crippen LogP contribution in [0.5, 0.6) is 0 Å². The molecule has 3 nitrogen and oxygen atoms in total. The van der Waals surface area contributed by atoms with E-state index >= 15 is 0 Å². The maximum atomic E-state index is 10.6. The van der Waals surface area contributed by atoms with Crippen LogP contribution in [0, 0.1) is 5.92 Å². The Morgan fingerprint density at radius 3 is 2.53 bits per heavy atom. The molecular weight excluding hydrogens is 190 g/mol. The minimum atomic E-state index is -1.12. The van der Waals surface area contributed by atoms with Gasteiger partial charge >= 0.3 is 0 Å². The molecule has 15 heavy (non-hydrogen) atoms. The van der Waals surface area contributed by atoms with Crippen LogP contribution in [0.1, 0.15) is 12.5 Å². The molecule has 82 valence electrons. The molecule has 1 aromatic carbocycles. The number of β-amino-alcohol motifs (C(OH)–C–C–N with tert-alkyl or cyclic N) is 1. The predicted molar refractivity (Wildman–Crippen MR) is 58.4 cm³/mol. The molecule has 1 fully saturated rings. The third-order valence-corrected chi connectivity index (χ3v) is 3.28. The van der Waals surface area contributed by atoms with Crippen molar-refractivity contribution < 1.29 is 10.2 Å². The van der Waals surface area contributed by atoms with Crippen LogP contribution in [-0.2, 0) is 5.60 Å². The Labute approximate surface area is 89.8 Å². The third kappa shape index (κ3) is 1.67. The van der Waals surface area contributed by atoms with Crippen molar-refractivity contribution in [3.8, 4) is 0 Å². The van der Waals surface area contributed by atoms with Crippen molar-refractivity contribution in [2.24, 2.45) is 5.92 Å². The average molecular weight is 207 g/mol. The van der Waals surface area contributed by atoms with Gasteiger partial charge in [-0.15, -0.1) is 0 Å². The van der Waals surface area contributed by atoms with Crippen molar-refractivity contribution in [3.05, 3.63) is 35.9 Å². The monoisotopic (exact) mass is 207 g/mol. The second-order valence-electron chi connectivity index (χ2n) is 4.27. The summed E-state index contributed by atoms with van der Waals surface area (Å²) in [6, 6.07) is 9.41. The molecule has 0 radical (unpaired) electrons. The highest BCUT2D eigenvalue weighted by Crippen LogP contribution is 2.34. The maximum Gasteiger partial charge on any atom is 0.120 e. The number of aliphatic hydroxyl groups excluding tert-OH is 1. The van der Waals surface area contributed by atoms with E-state index in [0.29, 0.717) is 6.54 Å². The second kappa shape index (κ2) is 3.93. The van der Waals surface area contributed by atoms with Gasteiger partial charge in [0.15, 0.2) is 0 Å². The molecule has 1 aliphatic rings. The topological polar surface area (TPSA) is 52.5 Å². The Kier molecular flexibility index (Phi) is 2.78. The lowest BCUT2D eigenvalue weighted by molar-refractivity contribution is -0.130. The standard InChI is InChI=1S/C12H17NO2/c1-9-7-13-8-11(14)12(9,15)10-5-3-2-4-6-10/h2-6,9,11,13-15H,7-8H2,1H3. The van der Waals surface area contributed by atoms with Gasteiger partial charge in [-0.1, -0.05) is 37.3 Å². The predicted octanol–water partition coefficient (Wildman–Crippen LogP) is 0.474. The van der Waals surface area contributed by atoms with Gasteiger partial charge < -0.3 is 15.5 Å². The van der Waals surface area contributed by atoms with Crippen LogP contribution in [0.2, 0.25) is 0 Å². The molecule has 3 N–H and O–H groups in total. The molecule has 3 atom stereocenters.